The highest BCUT2D eigenvalue weighted by molar-refractivity contribution is 7.92. The van der Waals surface area contributed by atoms with Crippen molar-refractivity contribution in [1.82, 2.24) is 20.5 Å². The predicted molar refractivity (Wildman–Crippen MR) is 140 cm³/mol. The van der Waals surface area contributed by atoms with Crippen molar-refractivity contribution in [3.05, 3.63) is 53.9 Å². The van der Waals surface area contributed by atoms with Crippen LogP contribution >= 0.6 is 0 Å². The molecule has 36 heavy (non-hydrogen) atoms. The van der Waals surface area contributed by atoms with E-state index in [1.807, 2.05) is 12.1 Å². The van der Waals surface area contributed by atoms with Crippen LogP contribution in [0.4, 0.5) is 11.6 Å². The number of piperidine rings is 1. The van der Waals surface area contributed by atoms with Crippen LogP contribution in [0, 0.1) is 5.92 Å². The second-order valence-electron chi connectivity index (χ2n) is 9.90. The minimum absolute atomic E-state index is 0.0811. The van der Waals surface area contributed by atoms with Gasteiger partial charge in [-0.3, -0.25) is 4.31 Å². The molecular weight excluding hydrogens is 476 g/mol. The molecule has 1 saturated carbocycles. The van der Waals surface area contributed by atoms with Crippen LogP contribution in [-0.2, 0) is 10.0 Å². The van der Waals surface area contributed by atoms with Gasteiger partial charge in [0.1, 0.15) is 11.6 Å². The Kier molecular flexibility index (Phi) is 7.25. The number of nitrogens with one attached hydrogen (secondary N) is 2. The van der Waals surface area contributed by atoms with Crippen LogP contribution in [0.3, 0.4) is 0 Å². The summed E-state index contributed by atoms with van der Waals surface area (Å²) in [6.07, 6.45) is 8.19. The molecule has 2 atom stereocenters. The highest BCUT2D eigenvalue weighted by Gasteiger charge is 2.32. The quantitative estimate of drug-likeness (QED) is 0.460. The number of benzene rings is 1. The molecular formula is C26H34N6O3S. The van der Waals surface area contributed by atoms with Gasteiger partial charge in [-0.05, 0) is 55.8 Å². The van der Waals surface area contributed by atoms with Crippen LogP contribution in [-0.4, -0.2) is 50.0 Å². The lowest BCUT2D eigenvalue weighted by atomic mass is 9.85. The summed E-state index contributed by atoms with van der Waals surface area (Å²) in [4.78, 5) is 4.57. The highest BCUT2D eigenvalue weighted by atomic mass is 32.2. The molecule has 2 aliphatic rings. The van der Waals surface area contributed by atoms with E-state index in [0.29, 0.717) is 34.9 Å². The Morgan fingerprint density at radius 1 is 1.08 bits per heavy atom. The molecule has 1 saturated heterocycles. The van der Waals surface area contributed by atoms with Gasteiger partial charge >= 0.3 is 0 Å². The topological polar surface area (TPSA) is 113 Å². The maximum absolute atomic E-state index is 12.2. The minimum Gasteiger partial charge on any atom is -0.419 e. The summed E-state index contributed by atoms with van der Waals surface area (Å²) in [5.74, 6) is 2.63. The smallest absolute Gasteiger partial charge is 0.248 e. The molecule has 1 aliphatic carbocycles. The van der Waals surface area contributed by atoms with Crippen molar-refractivity contribution in [3.8, 4) is 11.5 Å². The number of pyridine rings is 1. The van der Waals surface area contributed by atoms with Crippen molar-refractivity contribution in [2.45, 2.75) is 50.5 Å². The van der Waals surface area contributed by atoms with Gasteiger partial charge in [0.15, 0.2) is 0 Å². The fraction of sp³-hybridized carbons (Fsp3) is 0.500. The zero-order chi connectivity index (χ0) is 25.1. The monoisotopic (exact) mass is 510 g/mol. The first-order chi connectivity index (χ1) is 17.4. The van der Waals surface area contributed by atoms with Gasteiger partial charge in [0.25, 0.3) is 0 Å². The maximum Gasteiger partial charge on any atom is 0.248 e. The van der Waals surface area contributed by atoms with Gasteiger partial charge in [-0.1, -0.05) is 43.2 Å². The molecule has 0 spiro atoms. The fourth-order valence-electron chi connectivity index (χ4n) is 5.21. The molecule has 9 nitrogen and oxygen atoms in total. The van der Waals surface area contributed by atoms with Crippen molar-refractivity contribution in [2.24, 2.45) is 5.92 Å². The van der Waals surface area contributed by atoms with E-state index in [4.69, 9.17) is 4.42 Å². The summed E-state index contributed by atoms with van der Waals surface area (Å²) in [7, 11) is -1.99. The molecule has 2 unspecified atom stereocenters. The SMILES string of the molecule is CN(c1cc(-c2nnc(C3NCCCC3c3ccccc3)o2)cc(NCC2CCCC2)n1)S(C)(=O)=O. The Labute approximate surface area is 212 Å². The van der Waals surface area contributed by atoms with Crippen LogP contribution in [0.15, 0.2) is 46.9 Å². The lowest BCUT2D eigenvalue weighted by Gasteiger charge is -2.30. The van der Waals surface area contributed by atoms with E-state index in [9.17, 15) is 8.42 Å². The second-order valence-corrected chi connectivity index (χ2v) is 11.9. The second kappa shape index (κ2) is 10.6. The average Bonchev–Trinajstić information content (AvgIpc) is 3.59. The van der Waals surface area contributed by atoms with Crippen molar-refractivity contribution in [3.63, 3.8) is 0 Å². The molecule has 2 aromatic heterocycles. The molecule has 2 fully saturated rings. The number of nitrogens with zero attached hydrogens (tertiary/aromatic N) is 4. The molecule has 0 amide bonds. The molecule has 3 aromatic rings. The van der Waals surface area contributed by atoms with Gasteiger partial charge in [-0.2, -0.15) is 0 Å². The number of rotatable bonds is 8. The van der Waals surface area contributed by atoms with Gasteiger partial charge in [0.2, 0.25) is 21.8 Å². The van der Waals surface area contributed by atoms with Crippen molar-refractivity contribution in [2.75, 3.05) is 36.0 Å². The summed E-state index contributed by atoms with van der Waals surface area (Å²) in [5, 5.41) is 15.7. The fourth-order valence-corrected chi connectivity index (χ4v) is 5.64. The third-order valence-electron chi connectivity index (χ3n) is 7.32. The molecule has 5 rings (SSSR count). The highest BCUT2D eigenvalue weighted by Crippen LogP contribution is 2.38. The number of sulfonamides is 1. The largest absolute Gasteiger partial charge is 0.419 e. The van der Waals surface area contributed by atoms with Gasteiger partial charge in [0.05, 0.1) is 12.3 Å². The summed E-state index contributed by atoms with van der Waals surface area (Å²) in [5.41, 5.74) is 1.88. The van der Waals surface area contributed by atoms with E-state index in [-0.39, 0.29) is 12.0 Å². The Morgan fingerprint density at radius 2 is 1.86 bits per heavy atom. The van der Waals surface area contributed by atoms with E-state index < -0.39 is 10.0 Å². The number of hydrogen-bond acceptors (Lipinski definition) is 8. The van der Waals surface area contributed by atoms with E-state index >= 15 is 0 Å². The van der Waals surface area contributed by atoms with Crippen LogP contribution < -0.4 is 14.9 Å². The average molecular weight is 511 g/mol. The van der Waals surface area contributed by atoms with Crippen LogP contribution in [0.25, 0.3) is 11.5 Å². The summed E-state index contributed by atoms with van der Waals surface area (Å²) in [6, 6.07) is 13.9. The standard InChI is InChI=1S/C26H34N6O3S/c1-32(36(2,33)34)23-16-20(15-22(29-23)28-17-18-9-6-7-10-18)25-30-31-26(35-25)24-21(13-8-14-27-24)19-11-4-3-5-12-19/h3-5,11-12,15-16,18,21,24,27H,6-10,13-14,17H2,1-2H3,(H,28,29). The van der Waals surface area contributed by atoms with Crippen LogP contribution in [0.2, 0.25) is 0 Å². The molecule has 10 heteroatoms. The third kappa shape index (κ3) is 5.54. The number of hydrogen-bond donors (Lipinski definition) is 2. The molecule has 0 bridgehead atoms. The van der Waals surface area contributed by atoms with Gasteiger partial charge in [-0.25, -0.2) is 13.4 Å². The van der Waals surface area contributed by atoms with Crippen molar-refractivity contribution in [1.29, 1.82) is 0 Å². The Hall–Kier alpha value is -2.98. The lowest BCUT2D eigenvalue weighted by molar-refractivity contribution is 0.303. The van der Waals surface area contributed by atoms with Crippen molar-refractivity contribution >= 4 is 21.7 Å². The Morgan fingerprint density at radius 3 is 2.61 bits per heavy atom. The Balaban J connectivity index is 1.45. The molecule has 2 N–H and O–H groups in total. The van der Waals surface area contributed by atoms with E-state index in [1.54, 1.807) is 6.07 Å². The van der Waals surface area contributed by atoms with Gasteiger partial charge in [-0.15, -0.1) is 10.2 Å². The van der Waals surface area contributed by atoms with Gasteiger partial charge < -0.3 is 15.1 Å². The Bertz CT molecular complexity index is 1270. The normalized spacial score (nSPS) is 20.9. The first-order valence-corrected chi connectivity index (χ1v) is 14.6. The zero-order valence-electron chi connectivity index (χ0n) is 20.9. The zero-order valence-corrected chi connectivity index (χ0v) is 21.7. The third-order valence-corrected chi connectivity index (χ3v) is 8.50. The summed E-state index contributed by atoms with van der Waals surface area (Å²) < 4.78 is 31.9. The first-order valence-electron chi connectivity index (χ1n) is 12.7. The van der Waals surface area contributed by atoms with E-state index in [1.165, 1.54) is 42.6 Å². The minimum atomic E-state index is -3.49. The predicted octanol–water partition coefficient (Wildman–Crippen LogP) is 4.34. The molecule has 0 radical (unpaired) electrons. The van der Waals surface area contributed by atoms with Crippen LogP contribution in [0.5, 0.6) is 0 Å². The van der Waals surface area contributed by atoms with E-state index in [0.717, 1.165) is 32.2 Å². The number of aromatic nitrogens is 3. The van der Waals surface area contributed by atoms with Crippen molar-refractivity contribution < 1.29 is 12.8 Å². The number of anilines is 2. The first kappa shape index (κ1) is 24.7. The van der Waals surface area contributed by atoms with Gasteiger partial charge in [0, 0.05) is 25.1 Å². The molecule has 1 aromatic carbocycles. The molecule has 3 heterocycles. The lowest BCUT2D eigenvalue weighted by Crippen LogP contribution is -2.33. The summed E-state index contributed by atoms with van der Waals surface area (Å²) in [6.45, 7) is 1.69. The van der Waals surface area contributed by atoms with Crippen LogP contribution in [0.1, 0.15) is 61.9 Å². The van der Waals surface area contributed by atoms with E-state index in [2.05, 4.69) is 50.1 Å². The summed E-state index contributed by atoms with van der Waals surface area (Å²) >= 11 is 0. The molecule has 192 valence electrons. The maximum atomic E-state index is 12.2. The molecule has 1 aliphatic heterocycles.